The molecule has 0 spiro atoms. The number of anilines is 1. The van der Waals surface area contributed by atoms with E-state index in [0.717, 1.165) is 19.6 Å². The molecule has 5 nitrogen and oxygen atoms in total. The number of aromatic nitrogens is 1. The molecule has 2 aromatic carbocycles. The Hall–Kier alpha value is -2.34. The van der Waals surface area contributed by atoms with Crippen LogP contribution < -0.4 is 10.2 Å². The molecule has 2 aliphatic heterocycles. The predicted molar refractivity (Wildman–Crippen MR) is 145 cm³/mol. The third kappa shape index (κ3) is 5.17. The highest BCUT2D eigenvalue weighted by atomic mass is 15.3. The van der Waals surface area contributed by atoms with Crippen molar-refractivity contribution in [1.29, 1.82) is 0 Å². The SMILES string of the molecule is Cc1c(-c2cc3ccccc3[nH]2)cccc1N1CCC(NCCN2CCN(C(C)C)CC2)CC1. The summed E-state index contributed by atoms with van der Waals surface area (Å²) in [6, 6.07) is 18.9. The first-order valence-corrected chi connectivity index (χ1v) is 13.2. The van der Waals surface area contributed by atoms with Gasteiger partial charge in [0.25, 0.3) is 0 Å². The van der Waals surface area contributed by atoms with E-state index in [0.29, 0.717) is 12.1 Å². The van der Waals surface area contributed by atoms with Crippen molar-refractivity contribution in [2.75, 3.05) is 57.3 Å². The quantitative estimate of drug-likeness (QED) is 0.536. The number of hydrogen-bond donors (Lipinski definition) is 2. The molecule has 3 aromatic rings. The van der Waals surface area contributed by atoms with Crippen molar-refractivity contribution < 1.29 is 0 Å². The Bertz CT molecular complexity index is 1040. The molecule has 2 fully saturated rings. The molecule has 2 aliphatic rings. The van der Waals surface area contributed by atoms with Crippen molar-refractivity contribution in [2.45, 2.75) is 45.7 Å². The van der Waals surface area contributed by atoms with E-state index in [9.17, 15) is 0 Å². The minimum absolute atomic E-state index is 0.644. The summed E-state index contributed by atoms with van der Waals surface area (Å²) in [6.07, 6.45) is 2.44. The molecule has 2 saturated heterocycles. The predicted octanol–water partition coefficient (Wildman–Crippen LogP) is 4.73. The molecule has 0 atom stereocenters. The van der Waals surface area contributed by atoms with Gasteiger partial charge in [-0.15, -0.1) is 0 Å². The Morgan fingerprint density at radius 3 is 2.44 bits per heavy atom. The number of nitrogens with one attached hydrogen (secondary N) is 2. The zero-order valence-corrected chi connectivity index (χ0v) is 21.2. The molecule has 0 unspecified atom stereocenters. The van der Waals surface area contributed by atoms with Crippen LogP contribution in [0.25, 0.3) is 22.2 Å². The van der Waals surface area contributed by atoms with Crippen LogP contribution in [-0.4, -0.2) is 79.2 Å². The van der Waals surface area contributed by atoms with Crippen LogP contribution in [0.2, 0.25) is 0 Å². The standard InChI is InChI=1S/C29H41N5/c1-22(2)33-19-17-32(18-20-33)16-13-30-25-11-14-34(15-12-25)29-10-6-8-26(23(29)3)28-21-24-7-4-5-9-27(24)31-28/h4-10,21-22,25,30-31H,11-20H2,1-3H3. The summed E-state index contributed by atoms with van der Waals surface area (Å²) >= 11 is 0. The normalized spacial score (nSPS) is 18.9. The monoisotopic (exact) mass is 459 g/mol. The number of benzene rings is 2. The molecule has 3 heterocycles. The minimum atomic E-state index is 0.644. The maximum Gasteiger partial charge on any atom is 0.0468 e. The lowest BCUT2D eigenvalue weighted by Gasteiger charge is -2.38. The topological polar surface area (TPSA) is 37.5 Å². The van der Waals surface area contributed by atoms with Gasteiger partial charge in [-0.2, -0.15) is 0 Å². The van der Waals surface area contributed by atoms with Crippen LogP contribution in [0.15, 0.2) is 48.5 Å². The van der Waals surface area contributed by atoms with E-state index in [1.54, 1.807) is 0 Å². The van der Waals surface area contributed by atoms with Crippen LogP contribution in [0.1, 0.15) is 32.3 Å². The van der Waals surface area contributed by atoms with Gasteiger partial charge >= 0.3 is 0 Å². The van der Waals surface area contributed by atoms with Crippen molar-refractivity contribution >= 4 is 16.6 Å². The second-order valence-electron chi connectivity index (χ2n) is 10.4. The fourth-order valence-corrected chi connectivity index (χ4v) is 5.73. The van der Waals surface area contributed by atoms with Crippen LogP contribution in [0.3, 0.4) is 0 Å². The van der Waals surface area contributed by atoms with Gasteiger partial charge in [0.1, 0.15) is 0 Å². The third-order valence-electron chi connectivity index (χ3n) is 7.96. The van der Waals surface area contributed by atoms with Gasteiger partial charge in [-0.1, -0.05) is 30.3 Å². The average molecular weight is 460 g/mol. The lowest BCUT2D eigenvalue weighted by atomic mass is 9.99. The maximum atomic E-state index is 3.85. The molecular weight excluding hydrogens is 418 g/mol. The molecule has 0 radical (unpaired) electrons. The first-order valence-electron chi connectivity index (χ1n) is 13.2. The summed E-state index contributed by atoms with van der Waals surface area (Å²) < 4.78 is 0. The van der Waals surface area contributed by atoms with Gasteiger partial charge in [-0.3, -0.25) is 9.80 Å². The van der Waals surface area contributed by atoms with Crippen LogP contribution in [0.5, 0.6) is 0 Å². The molecule has 182 valence electrons. The number of rotatable bonds is 7. The van der Waals surface area contributed by atoms with E-state index in [2.05, 4.69) is 94.3 Å². The van der Waals surface area contributed by atoms with Crippen molar-refractivity contribution in [3.8, 4) is 11.3 Å². The first-order chi connectivity index (χ1) is 16.6. The van der Waals surface area contributed by atoms with Gasteiger partial charge in [-0.25, -0.2) is 0 Å². The minimum Gasteiger partial charge on any atom is -0.371 e. The van der Waals surface area contributed by atoms with Crippen molar-refractivity contribution in [2.24, 2.45) is 0 Å². The van der Waals surface area contributed by atoms with Gasteiger partial charge in [0.15, 0.2) is 0 Å². The lowest BCUT2D eigenvalue weighted by Crippen LogP contribution is -2.51. The number of nitrogens with zero attached hydrogens (tertiary/aromatic N) is 3. The highest BCUT2D eigenvalue weighted by Crippen LogP contribution is 2.33. The molecule has 5 rings (SSSR count). The number of H-pyrrole nitrogens is 1. The van der Waals surface area contributed by atoms with E-state index in [4.69, 9.17) is 0 Å². The van der Waals surface area contributed by atoms with Crippen LogP contribution in [0.4, 0.5) is 5.69 Å². The van der Waals surface area contributed by atoms with Crippen molar-refractivity contribution in [3.63, 3.8) is 0 Å². The zero-order chi connectivity index (χ0) is 23.5. The Balaban J connectivity index is 1.13. The van der Waals surface area contributed by atoms with Gasteiger partial charge in [0.05, 0.1) is 0 Å². The molecule has 34 heavy (non-hydrogen) atoms. The van der Waals surface area contributed by atoms with Crippen LogP contribution >= 0.6 is 0 Å². The van der Waals surface area contributed by atoms with Gasteiger partial charge in [0, 0.05) is 92.3 Å². The van der Waals surface area contributed by atoms with Gasteiger partial charge < -0.3 is 15.2 Å². The second kappa shape index (κ2) is 10.5. The molecule has 0 bridgehead atoms. The van der Waals surface area contributed by atoms with Crippen LogP contribution in [0, 0.1) is 6.92 Å². The van der Waals surface area contributed by atoms with Gasteiger partial charge in [-0.05, 0) is 57.4 Å². The largest absolute Gasteiger partial charge is 0.371 e. The Morgan fingerprint density at radius 1 is 0.941 bits per heavy atom. The summed E-state index contributed by atoms with van der Waals surface area (Å²) in [5.41, 5.74) is 6.49. The van der Waals surface area contributed by atoms with Gasteiger partial charge in [0.2, 0.25) is 0 Å². The Labute approximate surface area is 205 Å². The smallest absolute Gasteiger partial charge is 0.0468 e. The zero-order valence-electron chi connectivity index (χ0n) is 21.2. The van der Waals surface area contributed by atoms with E-state index in [1.165, 1.54) is 79.0 Å². The molecule has 0 saturated carbocycles. The fraction of sp³-hybridized carbons (Fsp3) is 0.517. The summed E-state index contributed by atoms with van der Waals surface area (Å²) in [5, 5.41) is 5.13. The summed E-state index contributed by atoms with van der Waals surface area (Å²) in [7, 11) is 0. The number of piperidine rings is 1. The Morgan fingerprint density at radius 2 is 1.71 bits per heavy atom. The highest BCUT2D eigenvalue weighted by molar-refractivity contribution is 5.87. The lowest BCUT2D eigenvalue weighted by molar-refractivity contribution is 0.108. The molecular formula is C29H41N5. The molecule has 5 heteroatoms. The fourth-order valence-electron chi connectivity index (χ4n) is 5.73. The molecule has 2 N–H and O–H groups in total. The number of aromatic amines is 1. The first kappa shape index (κ1) is 23.4. The third-order valence-corrected chi connectivity index (χ3v) is 7.96. The molecule has 0 aliphatic carbocycles. The summed E-state index contributed by atoms with van der Waals surface area (Å²) in [6.45, 7) is 16.3. The van der Waals surface area contributed by atoms with E-state index in [1.807, 2.05) is 0 Å². The van der Waals surface area contributed by atoms with E-state index >= 15 is 0 Å². The highest BCUT2D eigenvalue weighted by Gasteiger charge is 2.22. The molecule has 1 aromatic heterocycles. The van der Waals surface area contributed by atoms with Crippen LogP contribution in [-0.2, 0) is 0 Å². The van der Waals surface area contributed by atoms with Crippen molar-refractivity contribution in [3.05, 3.63) is 54.1 Å². The van der Waals surface area contributed by atoms with Crippen molar-refractivity contribution in [1.82, 2.24) is 20.1 Å². The maximum absolute atomic E-state index is 3.85. The average Bonchev–Trinajstić information content (AvgIpc) is 3.29. The number of piperazine rings is 1. The van der Waals surface area contributed by atoms with E-state index in [-0.39, 0.29) is 0 Å². The van der Waals surface area contributed by atoms with E-state index < -0.39 is 0 Å². The Kier molecular flexibility index (Phi) is 7.23. The summed E-state index contributed by atoms with van der Waals surface area (Å²) in [5.74, 6) is 0. The number of hydrogen-bond acceptors (Lipinski definition) is 4. The molecule has 0 amide bonds. The number of fused-ring (bicyclic) bond motifs is 1. The number of para-hydroxylation sites is 1. The summed E-state index contributed by atoms with van der Waals surface area (Å²) in [4.78, 5) is 11.4. The second-order valence-corrected chi connectivity index (χ2v) is 10.4.